The Balaban J connectivity index is 1.49. The van der Waals surface area contributed by atoms with Crippen LogP contribution in [-0.2, 0) is 16.0 Å². The molecular formula is C17H20FN3O3. The van der Waals surface area contributed by atoms with Crippen LogP contribution in [0.3, 0.4) is 0 Å². The van der Waals surface area contributed by atoms with Crippen LogP contribution < -0.4 is 5.32 Å². The summed E-state index contributed by atoms with van der Waals surface area (Å²) in [5, 5.41) is 6.80. The SMILES string of the molecule is C[C@H](NC(=O)CCc1nc(-c2ccc(F)cc2)no1)[C@@H]1CCCO1. The van der Waals surface area contributed by atoms with Crippen LogP contribution in [0.25, 0.3) is 11.4 Å². The van der Waals surface area contributed by atoms with E-state index in [-0.39, 0.29) is 30.3 Å². The van der Waals surface area contributed by atoms with Gasteiger partial charge in [0.25, 0.3) is 0 Å². The van der Waals surface area contributed by atoms with Crippen LogP contribution in [0, 0.1) is 5.82 Å². The number of hydrogen-bond donors (Lipinski definition) is 1. The van der Waals surface area contributed by atoms with E-state index in [9.17, 15) is 9.18 Å². The Hall–Kier alpha value is -2.28. The predicted molar refractivity (Wildman–Crippen MR) is 84.6 cm³/mol. The lowest BCUT2D eigenvalue weighted by Gasteiger charge is -2.19. The van der Waals surface area contributed by atoms with Crippen LogP contribution in [0.4, 0.5) is 4.39 Å². The van der Waals surface area contributed by atoms with E-state index in [1.54, 1.807) is 12.1 Å². The highest BCUT2D eigenvalue weighted by Gasteiger charge is 2.23. The van der Waals surface area contributed by atoms with Crippen molar-refractivity contribution in [2.45, 2.75) is 44.8 Å². The van der Waals surface area contributed by atoms with Gasteiger partial charge in [-0.3, -0.25) is 4.79 Å². The Morgan fingerprint density at radius 3 is 2.92 bits per heavy atom. The van der Waals surface area contributed by atoms with Crippen molar-refractivity contribution in [3.63, 3.8) is 0 Å². The number of benzene rings is 1. The molecule has 0 radical (unpaired) electrons. The highest BCUT2D eigenvalue weighted by Crippen LogP contribution is 2.17. The number of rotatable bonds is 6. The Bertz CT molecular complexity index is 681. The molecule has 7 heteroatoms. The number of carbonyl (C=O) groups is 1. The molecule has 1 aromatic heterocycles. The van der Waals surface area contributed by atoms with Gasteiger partial charge in [0.2, 0.25) is 17.6 Å². The fraction of sp³-hybridized carbons (Fsp3) is 0.471. The van der Waals surface area contributed by atoms with Gasteiger partial charge in [-0.2, -0.15) is 4.98 Å². The molecule has 3 rings (SSSR count). The zero-order valence-electron chi connectivity index (χ0n) is 13.5. The van der Waals surface area contributed by atoms with E-state index >= 15 is 0 Å². The molecule has 2 heterocycles. The van der Waals surface area contributed by atoms with Gasteiger partial charge in [-0.25, -0.2) is 4.39 Å². The zero-order chi connectivity index (χ0) is 16.9. The summed E-state index contributed by atoms with van der Waals surface area (Å²) >= 11 is 0. The topological polar surface area (TPSA) is 77.3 Å². The average Bonchev–Trinajstić information content (AvgIpc) is 3.25. The highest BCUT2D eigenvalue weighted by atomic mass is 19.1. The molecule has 128 valence electrons. The molecule has 0 saturated carbocycles. The van der Waals surface area contributed by atoms with E-state index in [1.165, 1.54) is 12.1 Å². The normalized spacial score (nSPS) is 18.5. The number of hydrogen-bond acceptors (Lipinski definition) is 5. The van der Waals surface area contributed by atoms with Gasteiger partial charge in [0.1, 0.15) is 5.82 Å². The van der Waals surface area contributed by atoms with E-state index in [0.717, 1.165) is 19.4 Å². The van der Waals surface area contributed by atoms with Gasteiger partial charge in [-0.15, -0.1) is 0 Å². The van der Waals surface area contributed by atoms with Gasteiger partial charge in [0, 0.05) is 25.0 Å². The van der Waals surface area contributed by atoms with Gasteiger partial charge in [-0.05, 0) is 44.0 Å². The molecule has 6 nitrogen and oxygen atoms in total. The Morgan fingerprint density at radius 2 is 2.21 bits per heavy atom. The maximum Gasteiger partial charge on any atom is 0.227 e. The lowest BCUT2D eigenvalue weighted by atomic mass is 10.1. The minimum atomic E-state index is -0.320. The van der Waals surface area contributed by atoms with Gasteiger partial charge >= 0.3 is 0 Å². The molecule has 0 bridgehead atoms. The summed E-state index contributed by atoms with van der Waals surface area (Å²) in [5.74, 6) is 0.381. The van der Waals surface area contributed by atoms with Crippen LogP contribution >= 0.6 is 0 Å². The van der Waals surface area contributed by atoms with Gasteiger partial charge in [-0.1, -0.05) is 5.16 Å². The Labute approximate surface area is 139 Å². The zero-order valence-corrected chi connectivity index (χ0v) is 13.5. The van der Waals surface area contributed by atoms with Gasteiger partial charge in [0.05, 0.1) is 12.1 Å². The molecule has 2 aromatic rings. The first-order valence-electron chi connectivity index (χ1n) is 8.11. The number of nitrogens with one attached hydrogen (secondary N) is 1. The number of amides is 1. The summed E-state index contributed by atoms with van der Waals surface area (Å²) in [5.41, 5.74) is 0.669. The lowest BCUT2D eigenvalue weighted by Crippen LogP contribution is -2.40. The summed E-state index contributed by atoms with van der Waals surface area (Å²) in [4.78, 5) is 16.2. The molecule has 0 unspecified atom stereocenters. The standard InChI is InChI=1S/C17H20FN3O3/c1-11(14-3-2-10-23-14)19-15(22)8-9-16-20-17(21-24-16)12-4-6-13(18)7-5-12/h4-7,11,14H,2-3,8-10H2,1H3,(H,19,22)/t11-,14-/m0/s1. The van der Waals surface area contributed by atoms with Crippen molar-refractivity contribution in [3.8, 4) is 11.4 Å². The third-order valence-corrected chi connectivity index (χ3v) is 4.05. The second kappa shape index (κ2) is 7.53. The van der Waals surface area contributed by atoms with Crippen molar-refractivity contribution in [3.05, 3.63) is 36.0 Å². The van der Waals surface area contributed by atoms with Crippen molar-refractivity contribution < 1.29 is 18.4 Å². The lowest BCUT2D eigenvalue weighted by molar-refractivity contribution is -0.122. The molecule has 24 heavy (non-hydrogen) atoms. The van der Waals surface area contributed by atoms with Crippen molar-refractivity contribution in [1.82, 2.24) is 15.5 Å². The number of aromatic nitrogens is 2. The maximum atomic E-state index is 12.9. The van der Waals surface area contributed by atoms with Crippen molar-refractivity contribution in [1.29, 1.82) is 0 Å². The summed E-state index contributed by atoms with van der Waals surface area (Å²) in [7, 11) is 0. The van der Waals surface area contributed by atoms with Crippen LogP contribution in [0.1, 0.15) is 32.1 Å². The van der Waals surface area contributed by atoms with Crippen LogP contribution in [-0.4, -0.2) is 34.8 Å². The molecule has 2 atom stereocenters. The maximum absolute atomic E-state index is 12.9. The number of ether oxygens (including phenoxy) is 1. The van der Waals surface area contributed by atoms with Crippen molar-refractivity contribution in [2.24, 2.45) is 0 Å². The molecular weight excluding hydrogens is 313 g/mol. The largest absolute Gasteiger partial charge is 0.376 e. The minimum absolute atomic E-state index is 0.00235. The first-order valence-corrected chi connectivity index (χ1v) is 8.11. The third kappa shape index (κ3) is 4.17. The van der Waals surface area contributed by atoms with E-state index in [4.69, 9.17) is 9.26 Å². The second-order valence-electron chi connectivity index (χ2n) is 5.93. The predicted octanol–water partition coefficient (Wildman–Crippen LogP) is 2.49. The first-order chi connectivity index (χ1) is 11.6. The summed E-state index contributed by atoms with van der Waals surface area (Å²) in [6.07, 6.45) is 2.74. The fourth-order valence-corrected chi connectivity index (χ4v) is 2.71. The number of aryl methyl sites for hydroxylation is 1. The molecule has 1 saturated heterocycles. The molecule has 1 aliphatic rings. The average molecular weight is 333 g/mol. The van der Waals surface area contributed by atoms with Gasteiger partial charge in [0.15, 0.2) is 0 Å². The third-order valence-electron chi connectivity index (χ3n) is 4.05. The van der Waals surface area contributed by atoms with E-state index < -0.39 is 0 Å². The van der Waals surface area contributed by atoms with E-state index in [2.05, 4.69) is 15.5 Å². The minimum Gasteiger partial charge on any atom is -0.376 e. The quantitative estimate of drug-likeness (QED) is 0.879. The molecule has 1 N–H and O–H groups in total. The van der Waals surface area contributed by atoms with Gasteiger partial charge < -0.3 is 14.6 Å². The number of halogens is 1. The Morgan fingerprint density at radius 1 is 1.42 bits per heavy atom. The fourth-order valence-electron chi connectivity index (χ4n) is 2.71. The van der Waals surface area contributed by atoms with Crippen molar-refractivity contribution in [2.75, 3.05) is 6.61 Å². The highest BCUT2D eigenvalue weighted by molar-refractivity contribution is 5.76. The molecule has 1 fully saturated rings. The molecule has 1 amide bonds. The second-order valence-corrected chi connectivity index (χ2v) is 5.93. The van der Waals surface area contributed by atoms with Crippen molar-refractivity contribution >= 4 is 5.91 Å². The first kappa shape index (κ1) is 16.6. The Kier molecular flexibility index (Phi) is 5.20. The summed E-state index contributed by atoms with van der Waals surface area (Å²) in [6.45, 7) is 2.71. The molecule has 0 aliphatic carbocycles. The van der Waals surface area contributed by atoms with Crippen LogP contribution in [0.15, 0.2) is 28.8 Å². The van der Waals surface area contributed by atoms with Crippen LogP contribution in [0.5, 0.6) is 0 Å². The monoisotopic (exact) mass is 333 g/mol. The summed E-state index contributed by atoms with van der Waals surface area (Å²) in [6, 6.07) is 5.84. The molecule has 1 aliphatic heterocycles. The summed E-state index contributed by atoms with van der Waals surface area (Å²) < 4.78 is 23.6. The van der Waals surface area contributed by atoms with E-state index in [0.29, 0.717) is 23.7 Å². The smallest absolute Gasteiger partial charge is 0.227 e. The number of carbonyl (C=O) groups excluding carboxylic acids is 1. The molecule has 0 spiro atoms. The van der Waals surface area contributed by atoms with E-state index in [1.807, 2.05) is 6.92 Å². The van der Waals surface area contributed by atoms with Crippen LogP contribution in [0.2, 0.25) is 0 Å². The number of nitrogens with zero attached hydrogens (tertiary/aromatic N) is 2. The molecule has 1 aromatic carbocycles.